The number of hydrogen-bond donors (Lipinski definition) is 1. The van der Waals surface area contributed by atoms with Gasteiger partial charge in [-0.05, 0) is 12.8 Å². The average molecular weight is 371 g/mol. The second-order valence-electron chi connectivity index (χ2n) is 7.10. The number of rotatable bonds is 19. The molecule has 0 atom stereocenters. The normalized spacial score (nSPS) is 10.2. The van der Waals surface area contributed by atoms with Crippen molar-refractivity contribution >= 4 is 5.97 Å². The average Bonchev–Trinajstić information content (AvgIpc) is 2.64. The van der Waals surface area contributed by atoms with Gasteiger partial charge in [0.25, 0.3) is 0 Å². The Labute approximate surface area is 163 Å². The summed E-state index contributed by atoms with van der Waals surface area (Å²) in [6, 6.07) is 0. The van der Waals surface area contributed by atoms with Crippen LogP contribution in [0.25, 0.3) is 0 Å². The van der Waals surface area contributed by atoms with E-state index in [4.69, 9.17) is 9.84 Å². The zero-order valence-corrected chi connectivity index (χ0v) is 17.8. The maximum atomic E-state index is 9.25. The highest BCUT2D eigenvalue weighted by Crippen LogP contribution is 2.10. The topological polar surface area (TPSA) is 46.5 Å². The van der Waals surface area contributed by atoms with Gasteiger partial charge in [-0.2, -0.15) is 0 Å². The van der Waals surface area contributed by atoms with Crippen LogP contribution in [0.4, 0.5) is 0 Å². The molecule has 0 bridgehead atoms. The van der Waals surface area contributed by atoms with Crippen molar-refractivity contribution in [3.05, 3.63) is 12.7 Å². The number of hydrogen-bond acceptors (Lipinski definition) is 2. The molecular weight excluding hydrogens is 324 g/mol. The molecule has 0 aliphatic carbocycles. The monoisotopic (exact) mass is 370 g/mol. The fraction of sp³-hybridized carbons (Fsp3) is 0.870. The molecular formula is C23H46O3. The minimum Gasteiger partial charge on any atom is -0.478 e. The lowest BCUT2D eigenvalue weighted by atomic mass is 10.1. The van der Waals surface area contributed by atoms with E-state index in [1.165, 1.54) is 103 Å². The van der Waals surface area contributed by atoms with Crippen molar-refractivity contribution < 1.29 is 14.6 Å². The van der Waals surface area contributed by atoms with Gasteiger partial charge in [0, 0.05) is 19.3 Å². The zero-order valence-electron chi connectivity index (χ0n) is 17.8. The van der Waals surface area contributed by atoms with Crippen LogP contribution in [0.3, 0.4) is 0 Å². The van der Waals surface area contributed by atoms with Crippen LogP contribution in [-0.4, -0.2) is 24.3 Å². The molecule has 3 heteroatoms. The Morgan fingerprint density at radius 1 is 0.692 bits per heavy atom. The van der Waals surface area contributed by atoms with Gasteiger partial charge in [-0.15, -0.1) is 0 Å². The largest absolute Gasteiger partial charge is 0.478 e. The van der Waals surface area contributed by atoms with Crippen molar-refractivity contribution in [1.29, 1.82) is 0 Å². The van der Waals surface area contributed by atoms with Crippen molar-refractivity contribution in [2.45, 2.75) is 117 Å². The van der Waals surface area contributed by atoms with E-state index >= 15 is 0 Å². The van der Waals surface area contributed by atoms with Crippen molar-refractivity contribution in [2.24, 2.45) is 0 Å². The summed E-state index contributed by atoms with van der Waals surface area (Å²) >= 11 is 0. The van der Waals surface area contributed by atoms with Gasteiger partial charge in [0.05, 0.1) is 0 Å². The SMILES string of the molecule is C=CC(=O)O.CCCCCCCCCCOCCCCCCCCCC. The Morgan fingerprint density at radius 2 is 0.962 bits per heavy atom. The van der Waals surface area contributed by atoms with Gasteiger partial charge < -0.3 is 9.84 Å². The first-order valence-electron chi connectivity index (χ1n) is 11.1. The summed E-state index contributed by atoms with van der Waals surface area (Å²) in [4.78, 5) is 9.25. The fourth-order valence-electron chi connectivity index (χ4n) is 2.78. The second kappa shape index (κ2) is 26.4. The summed E-state index contributed by atoms with van der Waals surface area (Å²) in [6.45, 7) is 9.51. The maximum Gasteiger partial charge on any atom is 0.327 e. The fourth-order valence-corrected chi connectivity index (χ4v) is 2.78. The molecule has 0 spiro atoms. The Bertz CT molecular complexity index is 259. The molecule has 26 heavy (non-hydrogen) atoms. The van der Waals surface area contributed by atoms with E-state index in [2.05, 4.69) is 20.4 Å². The molecule has 0 aromatic carbocycles. The molecule has 0 rings (SSSR count). The number of carboxylic acids is 1. The molecule has 0 aromatic heterocycles. The second-order valence-corrected chi connectivity index (χ2v) is 7.10. The lowest BCUT2D eigenvalue weighted by molar-refractivity contribution is -0.131. The molecule has 0 radical (unpaired) electrons. The lowest BCUT2D eigenvalue weighted by Gasteiger charge is -2.05. The van der Waals surface area contributed by atoms with Crippen LogP contribution in [0.1, 0.15) is 117 Å². The van der Waals surface area contributed by atoms with Crippen LogP contribution in [0.5, 0.6) is 0 Å². The number of ether oxygens (including phenoxy) is 1. The molecule has 0 aliphatic heterocycles. The van der Waals surface area contributed by atoms with E-state index in [1.54, 1.807) is 0 Å². The van der Waals surface area contributed by atoms with E-state index in [9.17, 15) is 4.79 Å². The number of unbranched alkanes of at least 4 members (excludes halogenated alkanes) is 14. The molecule has 1 N–H and O–H groups in total. The Hall–Kier alpha value is -0.830. The van der Waals surface area contributed by atoms with Crippen LogP contribution in [0.2, 0.25) is 0 Å². The summed E-state index contributed by atoms with van der Waals surface area (Å²) in [5.74, 6) is -0.981. The summed E-state index contributed by atoms with van der Waals surface area (Å²) in [7, 11) is 0. The molecule has 3 nitrogen and oxygen atoms in total. The highest BCUT2D eigenvalue weighted by atomic mass is 16.5. The summed E-state index contributed by atoms with van der Waals surface area (Å²) in [6.07, 6.45) is 23.1. The van der Waals surface area contributed by atoms with E-state index in [-0.39, 0.29) is 0 Å². The van der Waals surface area contributed by atoms with Crippen molar-refractivity contribution in [2.75, 3.05) is 13.2 Å². The third-order valence-electron chi connectivity index (χ3n) is 4.46. The Morgan fingerprint density at radius 3 is 1.23 bits per heavy atom. The van der Waals surface area contributed by atoms with Gasteiger partial charge in [-0.3, -0.25) is 0 Å². The first-order chi connectivity index (χ1) is 12.7. The van der Waals surface area contributed by atoms with Gasteiger partial charge in [0.2, 0.25) is 0 Å². The number of carboxylic acid groups (broad SMARTS) is 1. The molecule has 0 saturated heterocycles. The molecule has 0 heterocycles. The maximum absolute atomic E-state index is 9.25. The Kier molecular flexibility index (Phi) is 27.8. The van der Waals surface area contributed by atoms with Crippen LogP contribution >= 0.6 is 0 Å². The number of carbonyl (C=O) groups is 1. The first kappa shape index (κ1) is 27.4. The molecule has 0 aromatic rings. The van der Waals surface area contributed by atoms with Gasteiger partial charge in [0.15, 0.2) is 0 Å². The first-order valence-corrected chi connectivity index (χ1v) is 11.1. The molecule has 0 amide bonds. The molecule has 0 unspecified atom stereocenters. The van der Waals surface area contributed by atoms with Gasteiger partial charge in [-0.25, -0.2) is 4.79 Å². The summed E-state index contributed by atoms with van der Waals surface area (Å²) in [5.41, 5.74) is 0. The van der Waals surface area contributed by atoms with Gasteiger partial charge in [-0.1, -0.05) is 110 Å². The van der Waals surface area contributed by atoms with Crippen molar-refractivity contribution in [3.63, 3.8) is 0 Å². The van der Waals surface area contributed by atoms with Crippen LogP contribution in [0.15, 0.2) is 12.7 Å². The highest BCUT2D eigenvalue weighted by molar-refractivity contribution is 5.78. The molecule has 0 aliphatic rings. The van der Waals surface area contributed by atoms with E-state index in [0.29, 0.717) is 0 Å². The molecule has 156 valence electrons. The predicted octanol–water partition coefficient (Wildman–Crippen LogP) is 7.54. The summed E-state index contributed by atoms with van der Waals surface area (Å²) < 4.78 is 5.72. The minimum absolute atomic E-state index is 0.833. The van der Waals surface area contributed by atoms with Gasteiger partial charge in [0.1, 0.15) is 0 Å². The van der Waals surface area contributed by atoms with E-state index in [1.807, 2.05) is 0 Å². The quantitative estimate of drug-likeness (QED) is 0.189. The van der Waals surface area contributed by atoms with Crippen molar-refractivity contribution in [3.8, 4) is 0 Å². The molecule has 0 fully saturated rings. The highest BCUT2D eigenvalue weighted by Gasteiger charge is 1.94. The number of aliphatic carboxylic acids is 1. The van der Waals surface area contributed by atoms with Crippen LogP contribution in [0, 0.1) is 0 Å². The molecule has 0 saturated carbocycles. The Balaban J connectivity index is 0. The third-order valence-corrected chi connectivity index (χ3v) is 4.46. The summed E-state index contributed by atoms with van der Waals surface area (Å²) in [5, 5.41) is 7.60. The standard InChI is InChI=1S/C20H42O.C3H4O2/c1-3-5-7-9-11-13-15-17-19-21-20-18-16-14-12-10-8-6-4-2;1-2-3(4)5/h3-20H2,1-2H3;2H,1H2,(H,4,5). The third kappa shape index (κ3) is 31.0. The van der Waals surface area contributed by atoms with E-state index < -0.39 is 5.97 Å². The smallest absolute Gasteiger partial charge is 0.327 e. The zero-order chi connectivity index (χ0) is 19.7. The van der Waals surface area contributed by atoms with Crippen molar-refractivity contribution in [1.82, 2.24) is 0 Å². The van der Waals surface area contributed by atoms with Crippen LogP contribution < -0.4 is 0 Å². The lowest BCUT2D eigenvalue weighted by Crippen LogP contribution is -1.97. The minimum atomic E-state index is -0.981. The van der Waals surface area contributed by atoms with Gasteiger partial charge >= 0.3 is 5.97 Å². The van der Waals surface area contributed by atoms with E-state index in [0.717, 1.165) is 19.3 Å². The predicted molar refractivity (Wildman–Crippen MR) is 114 cm³/mol. The van der Waals surface area contributed by atoms with Crippen LogP contribution in [-0.2, 0) is 9.53 Å².